The largest absolute Gasteiger partial charge is 0.507 e. The molecular formula is C34H28O9. The Morgan fingerprint density at radius 3 is 1.79 bits per heavy atom. The van der Waals surface area contributed by atoms with Crippen molar-refractivity contribution in [2.45, 2.75) is 51.6 Å². The highest BCUT2D eigenvalue weighted by molar-refractivity contribution is 6.24. The minimum atomic E-state index is -1.89. The first-order chi connectivity index (χ1) is 20.2. The zero-order valence-electron chi connectivity index (χ0n) is 23.8. The molecule has 43 heavy (non-hydrogen) atoms. The Balaban J connectivity index is 2.01. The molecule has 0 saturated carbocycles. The third-order valence-corrected chi connectivity index (χ3v) is 8.77. The van der Waals surface area contributed by atoms with Gasteiger partial charge in [-0.25, -0.2) is 0 Å². The number of ketones is 4. The van der Waals surface area contributed by atoms with Crippen molar-refractivity contribution in [2.24, 2.45) is 0 Å². The summed E-state index contributed by atoms with van der Waals surface area (Å²) in [5, 5.41) is 56.5. The van der Waals surface area contributed by atoms with E-state index in [9.17, 15) is 44.7 Å². The molecule has 2 aliphatic rings. The second-order valence-electron chi connectivity index (χ2n) is 11.7. The van der Waals surface area contributed by atoms with E-state index in [-0.39, 0.29) is 72.2 Å². The molecule has 9 nitrogen and oxygen atoms in total. The lowest BCUT2D eigenvalue weighted by molar-refractivity contribution is -0.124. The highest BCUT2D eigenvalue weighted by atomic mass is 16.3. The standard InChI is InChI=1S/C34H28O9/c1-13-11-20(39)27-29(22(13)14(2)35)25(16-7-5-9-18(37)23(16)32(27)41)26-17-8-6-10-19(38)24(17)33(42)28-21(40)12-34(4,43)31(15(3)36)30(26)28/h5-11,22,31,37-38,41-43H,12H2,1-4H3/t22?,31-,34-/m0/s1. The van der Waals surface area contributed by atoms with Crippen LogP contribution in [0.2, 0.25) is 0 Å². The summed E-state index contributed by atoms with van der Waals surface area (Å²) < 4.78 is 0. The highest BCUT2D eigenvalue weighted by Crippen LogP contribution is 2.57. The lowest BCUT2D eigenvalue weighted by atomic mass is 9.65. The topological polar surface area (TPSA) is 169 Å². The van der Waals surface area contributed by atoms with E-state index in [2.05, 4.69) is 0 Å². The van der Waals surface area contributed by atoms with E-state index < -0.39 is 52.7 Å². The number of hydrogen-bond acceptors (Lipinski definition) is 9. The van der Waals surface area contributed by atoms with Gasteiger partial charge in [0.25, 0.3) is 0 Å². The van der Waals surface area contributed by atoms with Crippen molar-refractivity contribution >= 4 is 44.7 Å². The van der Waals surface area contributed by atoms with Gasteiger partial charge in [0.15, 0.2) is 11.6 Å². The van der Waals surface area contributed by atoms with E-state index in [1.54, 1.807) is 19.1 Å². The number of aliphatic hydroxyl groups is 1. The smallest absolute Gasteiger partial charge is 0.189 e. The summed E-state index contributed by atoms with van der Waals surface area (Å²) in [6.07, 6.45) is 0.745. The molecule has 0 bridgehead atoms. The number of benzene rings is 4. The molecule has 0 aromatic heterocycles. The number of rotatable bonds is 3. The fraction of sp³-hybridized carbons (Fsp3) is 0.235. The first kappa shape index (κ1) is 28.1. The molecule has 6 rings (SSSR count). The number of aromatic hydroxyl groups is 4. The van der Waals surface area contributed by atoms with E-state index in [4.69, 9.17) is 0 Å². The van der Waals surface area contributed by atoms with Crippen LogP contribution in [0.1, 0.15) is 77.8 Å². The summed E-state index contributed by atoms with van der Waals surface area (Å²) in [4.78, 5) is 53.8. The van der Waals surface area contributed by atoms with Gasteiger partial charge in [-0.05, 0) is 78.9 Å². The molecule has 0 saturated heterocycles. The maximum Gasteiger partial charge on any atom is 0.189 e. The lowest BCUT2D eigenvalue weighted by Gasteiger charge is -2.39. The van der Waals surface area contributed by atoms with Gasteiger partial charge in [-0.1, -0.05) is 29.8 Å². The molecule has 0 heterocycles. The fourth-order valence-corrected chi connectivity index (χ4v) is 7.27. The Morgan fingerprint density at radius 1 is 0.767 bits per heavy atom. The molecule has 4 aromatic rings. The minimum absolute atomic E-state index is 0.0381. The van der Waals surface area contributed by atoms with Gasteiger partial charge in [0.05, 0.1) is 39.3 Å². The number of phenolic OH excluding ortho intramolecular Hbond substituents is 4. The van der Waals surface area contributed by atoms with E-state index in [0.717, 1.165) is 0 Å². The Bertz CT molecular complexity index is 2030. The number of allylic oxidation sites excluding steroid dienone is 2. The number of phenols is 4. The number of carbonyl (C=O) groups is 4. The van der Waals surface area contributed by atoms with Crippen molar-refractivity contribution in [1.29, 1.82) is 0 Å². The Labute approximate surface area is 245 Å². The monoisotopic (exact) mass is 580 g/mol. The zero-order valence-corrected chi connectivity index (χ0v) is 23.8. The van der Waals surface area contributed by atoms with Gasteiger partial charge in [-0.15, -0.1) is 0 Å². The first-order valence-corrected chi connectivity index (χ1v) is 13.7. The zero-order chi connectivity index (χ0) is 31.3. The van der Waals surface area contributed by atoms with Gasteiger partial charge in [0, 0.05) is 6.42 Å². The van der Waals surface area contributed by atoms with Gasteiger partial charge in [-0.2, -0.15) is 0 Å². The molecule has 0 aliphatic heterocycles. The molecule has 2 aliphatic carbocycles. The summed E-state index contributed by atoms with van der Waals surface area (Å²) in [5.74, 6) is -6.46. The Hall–Kier alpha value is -5.02. The quantitative estimate of drug-likeness (QED) is 0.216. The molecule has 0 fully saturated rings. The van der Waals surface area contributed by atoms with Crippen molar-refractivity contribution in [3.05, 3.63) is 70.3 Å². The van der Waals surface area contributed by atoms with Crippen LogP contribution < -0.4 is 0 Å². The van der Waals surface area contributed by atoms with Crippen molar-refractivity contribution in [1.82, 2.24) is 0 Å². The molecule has 0 spiro atoms. The summed E-state index contributed by atoms with van der Waals surface area (Å²) in [7, 11) is 0. The van der Waals surface area contributed by atoms with Gasteiger partial charge < -0.3 is 25.5 Å². The van der Waals surface area contributed by atoms with Crippen LogP contribution in [0.3, 0.4) is 0 Å². The van der Waals surface area contributed by atoms with Gasteiger partial charge in [0.1, 0.15) is 34.6 Å². The molecule has 0 amide bonds. The maximum absolute atomic E-state index is 13.7. The van der Waals surface area contributed by atoms with Crippen LogP contribution >= 0.6 is 0 Å². The van der Waals surface area contributed by atoms with Crippen LogP contribution in [0.25, 0.3) is 32.7 Å². The molecule has 218 valence electrons. The van der Waals surface area contributed by atoms with Crippen LogP contribution in [-0.4, -0.2) is 54.3 Å². The van der Waals surface area contributed by atoms with Crippen LogP contribution in [0, 0.1) is 0 Å². The number of Topliss-reactive ketones (excluding diaryl/α,β-unsaturated/α-hetero) is 3. The summed E-state index contributed by atoms with van der Waals surface area (Å²) in [5.41, 5.74) is -1.72. The van der Waals surface area contributed by atoms with E-state index in [1.807, 2.05) is 0 Å². The number of carbonyl (C=O) groups excluding carboxylic acids is 4. The van der Waals surface area contributed by atoms with Gasteiger partial charge in [-0.3, -0.25) is 19.2 Å². The third kappa shape index (κ3) is 3.74. The third-order valence-electron chi connectivity index (χ3n) is 8.77. The van der Waals surface area contributed by atoms with Crippen molar-refractivity contribution in [2.75, 3.05) is 0 Å². The predicted molar refractivity (Wildman–Crippen MR) is 158 cm³/mol. The van der Waals surface area contributed by atoms with E-state index in [0.29, 0.717) is 5.57 Å². The summed E-state index contributed by atoms with van der Waals surface area (Å²) >= 11 is 0. The second-order valence-corrected chi connectivity index (χ2v) is 11.7. The van der Waals surface area contributed by atoms with Gasteiger partial charge >= 0.3 is 0 Å². The van der Waals surface area contributed by atoms with E-state index in [1.165, 1.54) is 51.1 Å². The number of fused-ring (bicyclic) bond motifs is 4. The van der Waals surface area contributed by atoms with Crippen LogP contribution in [0.4, 0.5) is 0 Å². The molecule has 9 heteroatoms. The second kappa shape index (κ2) is 9.24. The average Bonchev–Trinajstić information content (AvgIpc) is 2.88. The first-order valence-electron chi connectivity index (χ1n) is 13.7. The van der Waals surface area contributed by atoms with Gasteiger partial charge in [0.2, 0.25) is 0 Å². The molecular weight excluding hydrogens is 552 g/mol. The van der Waals surface area contributed by atoms with Crippen LogP contribution in [0.15, 0.2) is 48.0 Å². The SMILES string of the molecule is CC(=O)C1C(C)=CC(=O)c2c1c(-c1c3c(c(O)c4c(O)cccc14)C(=O)C[C@](C)(O)[C@H]3C(C)=O)c1cccc(O)c1c2O. The molecule has 4 aromatic carbocycles. The van der Waals surface area contributed by atoms with Crippen molar-refractivity contribution in [3.8, 4) is 34.1 Å². The van der Waals surface area contributed by atoms with Crippen LogP contribution in [0.5, 0.6) is 23.0 Å². The Morgan fingerprint density at radius 2 is 1.28 bits per heavy atom. The maximum atomic E-state index is 13.7. The summed E-state index contributed by atoms with van der Waals surface area (Å²) in [6, 6.07) is 8.72. The average molecular weight is 581 g/mol. The van der Waals surface area contributed by atoms with Crippen molar-refractivity contribution < 1.29 is 44.7 Å². The minimum Gasteiger partial charge on any atom is -0.507 e. The summed E-state index contributed by atoms with van der Waals surface area (Å²) in [6.45, 7) is 5.52. The molecule has 1 unspecified atom stereocenters. The Kier molecular flexibility index (Phi) is 6.04. The molecule has 0 radical (unpaired) electrons. The highest BCUT2D eigenvalue weighted by Gasteiger charge is 2.49. The van der Waals surface area contributed by atoms with Crippen LogP contribution in [-0.2, 0) is 9.59 Å². The predicted octanol–water partition coefficient (Wildman–Crippen LogP) is 5.31. The van der Waals surface area contributed by atoms with Crippen molar-refractivity contribution in [3.63, 3.8) is 0 Å². The normalized spacial score (nSPS) is 21.5. The van der Waals surface area contributed by atoms with E-state index >= 15 is 0 Å². The lowest BCUT2D eigenvalue weighted by Crippen LogP contribution is -2.43. The number of hydrogen-bond donors (Lipinski definition) is 5. The fourth-order valence-electron chi connectivity index (χ4n) is 7.27. The molecule has 3 atom stereocenters. The molecule has 5 N–H and O–H groups in total.